The van der Waals surface area contributed by atoms with Gasteiger partial charge in [-0.1, -0.05) is 11.6 Å². The van der Waals surface area contributed by atoms with Crippen LogP contribution in [0.3, 0.4) is 0 Å². The van der Waals surface area contributed by atoms with Gasteiger partial charge in [-0.15, -0.1) is 0 Å². The summed E-state index contributed by atoms with van der Waals surface area (Å²) >= 11 is 0. The van der Waals surface area contributed by atoms with Crippen molar-refractivity contribution >= 4 is 32.6 Å². The Bertz CT molecular complexity index is 1090. The van der Waals surface area contributed by atoms with Crippen molar-refractivity contribution in [3.8, 4) is 0 Å². The van der Waals surface area contributed by atoms with Gasteiger partial charge in [-0.2, -0.15) is 0 Å². The lowest BCUT2D eigenvalue weighted by Crippen LogP contribution is -2.43. The number of carbonyl (C=O) groups excluding carboxylic acids is 2. The van der Waals surface area contributed by atoms with E-state index in [2.05, 4.69) is 15.6 Å². The highest BCUT2D eigenvalue weighted by atomic mass is 32.2. The molecule has 1 saturated heterocycles. The van der Waals surface area contributed by atoms with E-state index in [9.17, 15) is 22.8 Å². The van der Waals surface area contributed by atoms with E-state index < -0.39 is 33.3 Å². The van der Waals surface area contributed by atoms with Gasteiger partial charge in [-0.05, 0) is 43.4 Å². The normalized spacial score (nSPS) is 18.4. The number of fused-ring (bicyclic) bond motifs is 1. The highest BCUT2D eigenvalue weighted by Crippen LogP contribution is 2.18. The average molecular weight is 391 g/mol. The molecule has 1 atom stereocenters. The van der Waals surface area contributed by atoms with Crippen LogP contribution in [-0.4, -0.2) is 49.3 Å². The minimum Gasteiger partial charge on any atom is -0.351 e. The molecule has 2 aromatic rings. The topological polar surface area (TPSA) is 125 Å². The van der Waals surface area contributed by atoms with Crippen LogP contribution in [0.15, 0.2) is 23.0 Å². The zero-order chi connectivity index (χ0) is 19.8. The van der Waals surface area contributed by atoms with Gasteiger partial charge < -0.3 is 15.6 Å². The highest BCUT2D eigenvalue weighted by Gasteiger charge is 2.28. The molecule has 2 amide bonds. The summed E-state index contributed by atoms with van der Waals surface area (Å²) in [5.41, 5.74) is 1.96. The van der Waals surface area contributed by atoms with Gasteiger partial charge in [0.2, 0.25) is 5.91 Å². The largest absolute Gasteiger partial charge is 0.351 e. The summed E-state index contributed by atoms with van der Waals surface area (Å²) in [6.07, 6.45) is 0.366. The summed E-state index contributed by atoms with van der Waals surface area (Å²) in [6, 6.07) is 4.87. The fourth-order valence-electron chi connectivity index (χ4n) is 3.30. The van der Waals surface area contributed by atoms with Crippen LogP contribution < -0.4 is 16.2 Å². The molecule has 0 saturated carbocycles. The molecule has 144 valence electrons. The summed E-state index contributed by atoms with van der Waals surface area (Å²) in [5, 5.41) is 5.72. The Morgan fingerprint density at radius 1 is 1.22 bits per heavy atom. The Labute approximate surface area is 156 Å². The van der Waals surface area contributed by atoms with Gasteiger partial charge in [0.15, 0.2) is 9.84 Å². The molecule has 3 rings (SSSR count). The second-order valence-corrected chi connectivity index (χ2v) is 9.14. The lowest BCUT2D eigenvalue weighted by Gasteiger charge is -2.11. The lowest BCUT2D eigenvalue weighted by atomic mass is 10.1. The van der Waals surface area contributed by atoms with Crippen molar-refractivity contribution in [2.45, 2.75) is 26.3 Å². The third-order valence-electron chi connectivity index (χ3n) is 4.55. The molecule has 1 aliphatic heterocycles. The minimum atomic E-state index is -3.10. The second-order valence-electron chi connectivity index (χ2n) is 6.91. The number of nitrogens with one attached hydrogen (secondary N) is 3. The number of pyridine rings is 1. The maximum absolute atomic E-state index is 12.3. The molecule has 1 unspecified atom stereocenters. The quantitative estimate of drug-likeness (QED) is 0.686. The lowest BCUT2D eigenvalue weighted by molar-refractivity contribution is -0.120. The van der Waals surface area contributed by atoms with Crippen molar-refractivity contribution in [2.75, 3.05) is 18.1 Å². The van der Waals surface area contributed by atoms with Crippen molar-refractivity contribution in [2.24, 2.45) is 0 Å². The van der Waals surface area contributed by atoms with Crippen LogP contribution in [0.5, 0.6) is 0 Å². The highest BCUT2D eigenvalue weighted by molar-refractivity contribution is 7.91. The molecule has 0 radical (unpaired) electrons. The number of hydrogen-bond acceptors (Lipinski definition) is 5. The molecule has 27 heavy (non-hydrogen) atoms. The number of amides is 2. The number of aromatic amines is 1. The summed E-state index contributed by atoms with van der Waals surface area (Å²) in [5.74, 6) is -1.19. The van der Waals surface area contributed by atoms with Gasteiger partial charge in [0, 0.05) is 6.04 Å². The first-order valence-electron chi connectivity index (χ1n) is 8.57. The van der Waals surface area contributed by atoms with Crippen LogP contribution in [0.1, 0.15) is 27.9 Å². The van der Waals surface area contributed by atoms with Crippen LogP contribution in [0.2, 0.25) is 0 Å². The van der Waals surface area contributed by atoms with Crippen molar-refractivity contribution in [1.82, 2.24) is 15.6 Å². The Balaban J connectivity index is 1.68. The summed E-state index contributed by atoms with van der Waals surface area (Å²) in [7, 11) is -3.10. The zero-order valence-electron chi connectivity index (χ0n) is 15.1. The van der Waals surface area contributed by atoms with Crippen LogP contribution in [0.4, 0.5) is 0 Å². The molecule has 1 aliphatic rings. The summed E-state index contributed by atoms with van der Waals surface area (Å²) in [4.78, 5) is 39.2. The molecule has 8 nitrogen and oxygen atoms in total. The number of rotatable bonds is 4. The van der Waals surface area contributed by atoms with E-state index in [4.69, 9.17) is 0 Å². The summed E-state index contributed by atoms with van der Waals surface area (Å²) < 4.78 is 22.8. The standard InChI is InChI=1S/C18H21N3O5S/c1-10-5-11(2)16-12(6-10)7-14(18(24)21-16)17(23)19-8-15(22)20-13-3-4-27(25,26)9-13/h5-7,13H,3-4,8-9H2,1-2H3,(H,19,23)(H,20,22)(H,21,24). The first-order chi connectivity index (χ1) is 12.6. The maximum Gasteiger partial charge on any atom is 0.261 e. The Hall–Kier alpha value is -2.68. The number of H-pyrrole nitrogens is 1. The van der Waals surface area contributed by atoms with E-state index in [1.807, 2.05) is 26.0 Å². The van der Waals surface area contributed by atoms with E-state index in [-0.39, 0.29) is 23.6 Å². The smallest absolute Gasteiger partial charge is 0.261 e. The van der Waals surface area contributed by atoms with Crippen molar-refractivity contribution in [1.29, 1.82) is 0 Å². The molecular weight excluding hydrogens is 370 g/mol. The third kappa shape index (κ3) is 4.36. The summed E-state index contributed by atoms with van der Waals surface area (Å²) in [6.45, 7) is 3.46. The average Bonchev–Trinajstić information content (AvgIpc) is 2.91. The van der Waals surface area contributed by atoms with E-state index in [1.165, 1.54) is 6.07 Å². The molecular formula is C18H21N3O5S. The van der Waals surface area contributed by atoms with Crippen molar-refractivity contribution in [3.05, 3.63) is 45.2 Å². The molecule has 9 heteroatoms. The molecule has 0 aliphatic carbocycles. The Kier molecular flexibility index (Phi) is 5.05. The predicted octanol–water partition coefficient (Wildman–Crippen LogP) is 0.178. The number of benzene rings is 1. The number of aryl methyl sites for hydroxylation is 2. The van der Waals surface area contributed by atoms with Crippen LogP contribution in [0, 0.1) is 13.8 Å². The SMILES string of the molecule is Cc1cc(C)c2[nH]c(=O)c(C(=O)NCC(=O)NC3CCS(=O)(=O)C3)cc2c1. The van der Waals surface area contributed by atoms with E-state index in [0.717, 1.165) is 16.5 Å². The second kappa shape index (κ2) is 7.15. The van der Waals surface area contributed by atoms with Gasteiger partial charge in [0.25, 0.3) is 11.5 Å². The third-order valence-corrected chi connectivity index (χ3v) is 6.31. The van der Waals surface area contributed by atoms with Crippen molar-refractivity contribution in [3.63, 3.8) is 0 Å². The monoisotopic (exact) mass is 391 g/mol. The zero-order valence-corrected chi connectivity index (χ0v) is 15.9. The van der Waals surface area contributed by atoms with Crippen LogP contribution in [-0.2, 0) is 14.6 Å². The first kappa shape index (κ1) is 19.1. The molecule has 2 heterocycles. The van der Waals surface area contributed by atoms with Gasteiger partial charge >= 0.3 is 0 Å². The molecule has 3 N–H and O–H groups in total. The fraction of sp³-hybridized carbons (Fsp3) is 0.389. The number of hydrogen-bond donors (Lipinski definition) is 3. The van der Waals surface area contributed by atoms with Gasteiger partial charge in [-0.25, -0.2) is 8.42 Å². The number of aromatic nitrogens is 1. The molecule has 0 bridgehead atoms. The predicted molar refractivity (Wildman–Crippen MR) is 102 cm³/mol. The minimum absolute atomic E-state index is 0.0512. The van der Waals surface area contributed by atoms with Gasteiger partial charge in [0.1, 0.15) is 5.56 Å². The Morgan fingerprint density at radius 2 is 1.96 bits per heavy atom. The van der Waals surface area contributed by atoms with E-state index in [1.54, 1.807) is 0 Å². The molecule has 1 aromatic heterocycles. The van der Waals surface area contributed by atoms with E-state index in [0.29, 0.717) is 11.9 Å². The molecule has 1 fully saturated rings. The van der Waals surface area contributed by atoms with Crippen molar-refractivity contribution < 1.29 is 18.0 Å². The number of sulfone groups is 1. The fourth-order valence-corrected chi connectivity index (χ4v) is 4.97. The van der Waals surface area contributed by atoms with Gasteiger partial charge in [0.05, 0.1) is 23.6 Å². The number of carbonyl (C=O) groups is 2. The van der Waals surface area contributed by atoms with Crippen LogP contribution in [0.25, 0.3) is 10.9 Å². The Morgan fingerprint density at radius 3 is 2.63 bits per heavy atom. The van der Waals surface area contributed by atoms with E-state index >= 15 is 0 Å². The first-order valence-corrected chi connectivity index (χ1v) is 10.4. The maximum atomic E-state index is 12.3. The van der Waals surface area contributed by atoms with Crippen LogP contribution >= 0.6 is 0 Å². The van der Waals surface area contributed by atoms with Gasteiger partial charge in [-0.3, -0.25) is 14.4 Å². The molecule has 1 aromatic carbocycles. The molecule has 0 spiro atoms.